The normalized spacial score (nSPS) is 10.3. The van der Waals surface area contributed by atoms with Crippen molar-refractivity contribution in [3.63, 3.8) is 0 Å². The maximum atomic E-state index is 13.7. The third kappa shape index (κ3) is 3.19. The molecule has 0 fully saturated rings. The zero-order chi connectivity index (χ0) is 14.0. The Morgan fingerprint density at radius 1 is 1.11 bits per heavy atom. The molecule has 2 rings (SSSR count). The third-order valence-corrected chi connectivity index (χ3v) is 3.08. The van der Waals surface area contributed by atoms with Crippen LogP contribution in [0.2, 0.25) is 0 Å². The van der Waals surface area contributed by atoms with E-state index in [0.717, 1.165) is 18.2 Å². The fourth-order valence-corrected chi connectivity index (χ4v) is 2.00. The van der Waals surface area contributed by atoms with Gasteiger partial charge in [-0.3, -0.25) is 0 Å². The molecule has 2 aromatic carbocycles. The van der Waals surface area contributed by atoms with Gasteiger partial charge >= 0.3 is 5.97 Å². The Bertz CT molecular complexity index is 647. The van der Waals surface area contributed by atoms with Gasteiger partial charge in [-0.15, -0.1) is 0 Å². The Hall–Kier alpha value is -1.70. The molecule has 0 spiro atoms. The first-order chi connectivity index (χ1) is 8.97. The Labute approximate surface area is 121 Å². The molecular weight excluding hydrogens is 367 g/mol. The van der Waals surface area contributed by atoms with Crippen molar-refractivity contribution >= 4 is 39.9 Å². The van der Waals surface area contributed by atoms with Gasteiger partial charge in [0.15, 0.2) is 0 Å². The highest BCUT2D eigenvalue weighted by Gasteiger charge is 2.12. The lowest BCUT2D eigenvalue weighted by atomic mass is 10.1. The molecule has 0 saturated carbocycles. The lowest BCUT2D eigenvalue weighted by Gasteiger charge is -2.10. The van der Waals surface area contributed by atoms with Crippen LogP contribution in [-0.2, 0) is 0 Å². The highest BCUT2D eigenvalue weighted by atomic mass is 127. The fraction of sp³-hybridized carbons (Fsp3) is 0. The number of aromatic carboxylic acids is 1. The van der Waals surface area contributed by atoms with E-state index in [-0.39, 0.29) is 16.9 Å². The summed E-state index contributed by atoms with van der Waals surface area (Å²) in [6.45, 7) is 0. The zero-order valence-electron chi connectivity index (χ0n) is 9.45. The third-order valence-electron chi connectivity index (χ3n) is 2.41. The Morgan fingerprint density at radius 2 is 1.84 bits per heavy atom. The van der Waals surface area contributed by atoms with Gasteiger partial charge in [-0.25, -0.2) is 13.6 Å². The van der Waals surface area contributed by atoms with Gasteiger partial charge in [0.1, 0.15) is 11.6 Å². The second-order valence-electron chi connectivity index (χ2n) is 3.74. The quantitative estimate of drug-likeness (QED) is 0.798. The largest absolute Gasteiger partial charge is 0.478 e. The molecule has 0 aliphatic carbocycles. The smallest absolute Gasteiger partial charge is 0.337 e. The number of hydrogen-bond donors (Lipinski definition) is 2. The van der Waals surface area contributed by atoms with Gasteiger partial charge in [-0.05, 0) is 59.0 Å². The van der Waals surface area contributed by atoms with E-state index in [1.165, 1.54) is 12.1 Å². The van der Waals surface area contributed by atoms with Crippen LogP contribution >= 0.6 is 22.6 Å². The number of carboxylic acid groups (broad SMARTS) is 1. The first-order valence-corrected chi connectivity index (χ1v) is 6.30. The Morgan fingerprint density at radius 3 is 2.47 bits per heavy atom. The van der Waals surface area contributed by atoms with E-state index in [9.17, 15) is 13.6 Å². The SMILES string of the molecule is O=C(O)c1ccc(F)cc1Nc1ccc(I)cc1F. The predicted molar refractivity (Wildman–Crippen MR) is 75.8 cm³/mol. The number of carboxylic acids is 1. The predicted octanol–water partition coefficient (Wildman–Crippen LogP) is 4.01. The van der Waals surface area contributed by atoms with E-state index in [1.54, 1.807) is 6.07 Å². The zero-order valence-corrected chi connectivity index (χ0v) is 11.6. The highest BCUT2D eigenvalue weighted by Crippen LogP contribution is 2.25. The summed E-state index contributed by atoms with van der Waals surface area (Å²) in [5.74, 6) is -2.35. The van der Waals surface area contributed by atoms with Crippen molar-refractivity contribution in [2.75, 3.05) is 5.32 Å². The summed E-state index contributed by atoms with van der Waals surface area (Å²) in [5, 5.41) is 11.6. The summed E-state index contributed by atoms with van der Waals surface area (Å²) in [7, 11) is 0. The maximum absolute atomic E-state index is 13.7. The molecule has 0 amide bonds. The van der Waals surface area contributed by atoms with Crippen LogP contribution in [0.5, 0.6) is 0 Å². The van der Waals surface area contributed by atoms with Crippen molar-refractivity contribution in [1.82, 2.24) is 0 Å². The lowest BCUT2D eigenvalue weighted by Crippen LogP contribution is -2.04. The molecule has 0 radical (unpaired) electrons. The molecule has 2 N–H and O–H groups in total. The molecule has 3 nitrogen and oxygen atoms in total. The number of carbonyl (C=O) groups is 1. The molecule has 0 atom stereocenters. The van der Waals surface area contributed by atoms with Gasteiger partial charge in [0.25, 0.3) is 0 Å². The molecule has 0 heterocycles. The monoisotopic (exact) mass is 375 g/mol. The molecule has 0 aliphatic heterocycles. The van der Waals surface area contributed by atoms with Gasteiger partial charge in [-0.1, -0.05) is 0 Å². The second kappa shape index (κ2) is 5.52. The van der Waals surface area contributed by atoms with Crippen LogP contribution in [0, 0.1) is 15.2 Å². The molecule has 0 aromatic heterocycles. The first-order valence-electron chi connectivity index (χ1n) is 5.22. The van der Waals surface area contributed by atoms with Crippen molar-refractivity contribution in [3.8, 4) is 0 Å². The average Bonchev–Trinajstić information content (AvgIpc) is 2.32. The van der Waals surface area contributed by atoms with Crippen LogP contribution in [0.1, 0.15) is 10.4 Å². The lowest BCUT2D eigenvalue weighted by molar-refractivity contribution is 0.0698. The summed E-state index contributed by atoms with van der Waals surface area (Å²) in [6.07, 6.45) is 0. The second-order valence-corrected chi connectivity index (χ2v) is 4.99. The van der Waals surface area contributed by atoms with Crippen LogP contribution < -0.4 is 5.32 Å². The number of benzene rings is 2. The van der Waals surface area contributed by atoms with Gasteiger partial charge in [0.05, 0.1) is 16.9 Å². The highest BCUT2D eigenvalue weighted by molar-refractivity contribution is 14.1. The van der Waals surface area contributed by atoms with Crippen LogP contribution in [0.25, 0.3) is 0 Å². The molecular formula is C13H8F2INO2. The molecule has 98 valence electrons. The van der Waals surface area contributed by atoms with E-state index in [1.807, 2.05) is 22.6 Å². The summed E-state index contributed by atoms with van der Waals surface area (Å²) in [5.41, 5.74) is -0.0273. The number of rotatable bonds is 3. The minimum atomic E-state index is -1.21. The standard InChI is InChI=1S/C13H8F2INO2/c14-7-1-3-9(13(18)19)12(5-7)17-11-4-2-8(16)6-10(11)15/h1-6,17H,(H,18,19). The van der Waals surface area contributed by atoms with Gasteiger partial charge in [0, 0.05) is 3.57 Å². The van der Waals surface area contributed by atoms with Crippen molar-refractivity contribution in [1.29, 1.82) is 0 Å². The number of hydrogen-bond acceptors (Lipinski definition) is 2. The molecule has 0 unspecified atom stereocenters. The van der Waals surface area contributed by atoms with Gasteiger partial charge < -0.3 is 10.4 Å². The summed E-state index contributed by atoms with van der Waals surface area (Å²) >= 11 is 1.95. The summed E-state index contributed by atoms with van der Waals surface area (Å²) in [4.78, 5) is 11.0. The van der Waals surface area contributed by atoms with Gasteiger partial charge in [-0.2, -0.15) is 0 Å². The van der Waals surface area contributed by atoms with Crippen LogP contribution in [0.15, 0.2) is 36.4 Å². The maximum Gasteiger partial charge on any atom is 0.337 e. The number of anilines is 2. The molecule has 0 saturated heterocycles. The van der Waals surface area contributed by atoms with Crippen LogP contribution in [-0.4, -0.2) is 11.1 Å². The van der Waals surface area contributed by atoms with Crippen molar-refractivity contribution in [2.45, 2.75) is 0 Å². The van der Waals surface area contributed by atoms with E-state index in [4.69, 9.17) is 5.11 Å². The first kappa shape index (κ1) is 13.7. The van der Waals surface area contributed by atoms with Crippen LogP contribution in [0.4, 0.5) is 20.2 Å². The molecule has 2 aromatic rings. The Kier molecular flexibility index (Phi) is 3.98. The van der Waals surface area contributed by atoms with Crippen molar-refractivity contribution in [3.05, 3.63) is 57.2 Å². The van der Waals surface area contributed by atoms with E-state index in [2.05, 4.69) is 5.32 Å². The fourth-order valence-electron chi connectivity index (χ4n) is 1.54. The number of nitrogens with one attached hydrogen (secondary N) is 1. The molecule has 19 heavy (non-hydrogen) atoms. The Balaban J connectivity index is 2.42. The molecule has 0 aliphatic rings. The topological polar surface area (TPSA) is 49.3 Å². The van der Waals surface area contributed by atoms with Gasteiger partial charge in [0.2, 0.25) is 0 Å². The van der Waals surface area contributed by atoms with E-state index >= 15 is 0 Å². The van der Waals surface area contributed by atoms with E-state index < -0.39 is 17.6 Å². The van der Waals surface area contributed by atoms with Crippen LogP contribution in [0.3, 0.4) is 0 Å². The van der Waals surface area contributed by atoms with E-state index in [0.29, 0.717) is 3.57 Å². The average molecular weight is 375 g/mol. The molecule has 6 heteroatoms. The van der Waals surface area contributed by atoms with Crippen molar-refractivity contribution < 1.29 is 18.7 Å². The summed E-state index contributed by atoms with van der Waals surface area (Å²) in [6, 6.07) is 7.60. The summed E-state index contributed by atoms with van der Waals surface area (Å²) < 4.78 is 27.5. The minimum absolute atomic E-state index is 0.00704. The molecule has 0 bridgehead atoms. The minimum Gasteiger partial charge on any atom is -0.478 e. The number of halogens is 3. The van der Waals surface area contributed by atoms with Crippen molar-refractivity contribution in [2.24, 2.45) is 0 Å².